The van der Waals surface area contributed by atoms with Gasteiger partial charge < -0.3 is 4.74 Å². The van der Waals surface area contributed by atoms with Gasteiger partial charge in [0.15, 0.2) is 6.73 Å². The number of unbranched alkanes of at least 4 members (excludes halogenated alkanes) is 3. The van der Waals surface area contributed by atoms with Gasteiger partial charge in [0.2, 0.25) is 0 Å². The maximum Gasteiger partial charge on any atom is 0.313 e. The van der Waals surface area contributed by atoms with Crippen LogP contribution in [0.1, 0.15) is 59.1 Å². The summed E-state index contributed by atoms with van der Waals surface area (Å²) in [7, 11) is 0. The molecule has 1 aromatic rings. The van der Waals surface area contributed by atoms with E-state index in [0.717, 1.165) is 18.5 Å². The van der Waals surface area contributed by atoms with Crippen LogP contribution in [0.4, 0.5) is 0 Å². The van der Waals surface area contributed by atoms with Crippen LogP contribution in [0.3, 0.4) is 0 Å². The molecule has 1 heterocycles. The highest BCUT2D eigenvalue weighted by Gasteiger charge is 2.23. The van der Waals surface area contributed by atoms with E-state index in [1.807, 2.05) is 27.0 Å². The number of carbonyl (C=O) groups excluding carboxylic acids is 1. The zero-order valence-electron chi connectivity index (χ0n) is 12.5. The van der Waals surface area contributed by atoms with Crippen molar-refractivity contribution in [1.82, 2.24) is 15.0 Å². The molecule has 5 heteroatoms. The predicted molar refractivity (Wildman–Crippen MR) is 73.4 cm³/mol. The van der Waals surface area contributed by atoms with Gasteiger partial charge in [0, 0.05) is 0 Å². The fourth-order valence-corrected chi connectivity index (χ4v) is 1.59. The summed E-state index contributed by atoms with van der Waals surface area (Å²) in [6.45, 7) is 7.82. The number of esters is 1. The van der Waals surface area contributed by atoms with Crippen molar-refractivity contribution < 1.29 is 9.53 Å². The van der Waals surface area contributed by atoms with E-state index in [4.69, 9.17) is 4.74 Å². The third kappa shape index (κ3) is 5.85. The van der Waals surface area contributed by atoms with Crippen molar-refractivity contribution in [3.63, 3.8) is 0 Å². The minimum absolute atomic E-state index is 0.137. The summed E-state index contributed by atoms with van der Waals surface area (Å²) in [4.78, 5) is 11.6. The Morgan fingerprint density at radius 3 is 2.68 bits per heavy atom. The van der Waals surface area contributed by atoms with Crippen molar-refractivity contribution in [3.05, 3.63) is 11.9 Å². The molecule has 1 aromatic heterocycles. The molecule has 108 valence electrons. The first kappa shape index (κ1) is 15.7. The Hall–Kier alpha value is -1.39. The SMILES string of the molecule is CCCCCCc1cn(COC(=O)C(C)(C)C)nn1. The third-order valence-corrected chi connectivity index (χ3v) is 2.81. The topological polar surface area (TPSA) is 57.0 Å². The number of rotatable bonds is 7. The molecule has 0 N–H and O–H groups in total. The first-order valence-electron chi connectivity index (χ1n) is 6.99. The lowest BCUT2D eigenvalue weighted by Crippen LogP contribution is -2.24. The van der Waals surface area contributed by atoms with Gasteiger partial charge in [-0.2, -0.15) is 0 Å². The summed E-state index contributed by atoms with van der Waals surface area (Å²) < 4.78 is 6.74. The van der Waals surface area contributed by atoms with Gasteiger partial charge in [-0.1, -0.05) is 31.4 Å². The molecule has 0 bridgehead atoms. The molecule has 1 rings (SSSR count). The lowest BCUT2D eigenvalue weighted by Gasteiger charge is -2.15. The van der Waals surface area contributed by atoms with Crippen LogP contribution >= 0.6 is 0 Å². The first-order chi connectivity index (χ1) is 8.93. The summed E-state index contributed by atoms with van der Waals surface area (Å²) in [5, 5.41) is 8.03. The summed E-state index contributed by atoms with van der Waals surface area (Å²) >= 11 is 0. The van der Waals surface area contributed by atoms with Crippen LogP contribution in [0.5, 0.6) is 0 Å². The van der Waals surface area contributed by atoms with Gasteiger partial charge in [0.25, 0.3) is 0 Å². The highest BCUT2D eigenvalue weighted by Crippen LogP contribution is 2.15. The van der Waals surface area contributed by atoms with Gasteiger partial charge in [-0.3, -0.25) is 4.79 Å². The second-order valence-electron chi connectivity index (χ2n) is 5.87. The molecule has 0 radical (unpaired) electrons. The molecule has 0 spiro atoms. The van der Waals surface area contributed by atoms with Crippen molar-refractivity contribution in [1.29, 1.82) is 0 Å². The largest absolute Gasteiger partial charge is 0.442 e. The predicted octanol–water partition coefficient (Wildman–Crippen LogP) is 2.95. The van der Waals surface area contributed by atoms with Gasteiger partial charge in [0.1, 0.15) is 0 Å². The summed E-state index contributed by atoms with van der Waals surface area (Å²) in [5.74, 6) is -0.229. The van der Waals surface area contributed by atoms with E-state index in [2.05, 4.69) is 17.2 Å². The molecule has 5 nitrogen and oxygen atoms in total. The van der Waals surface area contributed by atoms with Crippen LogP contribution in [-0.4, -0.2) is 21.0 Å². The molecule has 0 aromatic carbocycles. The molecule has 0 fully saturated rings. The van der Waals surface area contributed by atoms with Crippen LogP contribution in [0.25, 0.3) is 0 Å². The Kier molecular flexibility index (Phi) is 5.99. The summed E-state index contributed by atoms with van der Waals surface area (Å²) in [5.41, 5.74) is 0.478. The number of hydrogen-bond acceptors (Lipinski definition) is 4. The Labute approximate surface area is 115 Å². The third-order valence-electron chi connectivity index (χ3n) is 2.81. The number of aryl methyl sites for hydroxylation is 1. The van der Waals surface area contributed by atoms with E-state index in [9.17, 15) is 4.79 Å². The number of ether oxygens (including phenoxy) is 1. The average Bonchev–Trinajstić information content (AvgIpc) is 2.78. The maximum atomic E-state index is 11.6. The smallest absolute Gasteiger partial charge is 0.313 e. The van der Waals surface area contributed by atoms with Crippen LogP contribution in [0.15, 0.2) is 6.20 Å². The molecule has 0 saturated carbocycles. The quantitative estimate of drug-likeness (QED) is 0.563. The van der Waals surface area contributed by atoms with E-state index >= 15 is 0 Å². The highest BCUT2D eigenvalue weighted by atomic mass is 16.5. The Balaban J connectivity index is 2.32. The normalized spacial score (nSPS) is 11.6. The van der Waals surface area contributed by atoms with Gasteiger partial charge in [-0.05, 0) is 33.6 Å². The number of carbonyl (C=O) groups is 1. The molecule has 0 aliphatic heterocycles. The molecule has 19 heavy (non-hydrogen) atoms. The van der Waals surface area contributed by atoms with Crippen LogP contribution < -0.4 is 0 Å². The van der Waals surface area contributed by atoms with Crippen molar-refractivity contribution in [2.75, 3.05) is 0 Å². The number of hydrogen-bond donors (Lipinski definition) is 0. The van der Waals surface area contributed by atoms with Gasteiger partial charge in [0.05, 0.1) is 17.3 Å². The Morgan fingerprint density at radius 2 is 2.05 bits per heavy atom. The summed E-state index contributed by atoms with van der Waals surface area (Å²) in [6, 6.07) is 0. The summed E-state index contributed by atoms with van der Waals surface area (Å²) in [6.07, 6.45) is 7.64. The maximum absolute atomic E-state index is 11.6. The molecule has 0 saturated heterocycles. The average molecular weight is 267 g/mol. The van der Waals surface area contributed by atoms with E-state index in [-0.39, 0.29) is 12.7 Å². The van der Waals surface area contributed by atoms with E-state index in [1.54, 1.807) is 4.68 Å². The fourth-order valence-electron chi connectivity index (χ4n) is 1.59. The standard InChI is InChI=1S/C14H25N3O2/c1-5-6-7-8-9-12-10-17(16-15-12)11-19-13(18)14(2,3)4/h10H,5-9,11H2,1-4H3. The minimum Gasteiger partial charge on any atom is -0.442 e. The zero-order valence-corrected chi connectivity index (χ0v) is 12.5. The van der Waals surface area contributed by atoms with Crippen LogP contribution in [0.2, 0.25) is 0 Å². The molecule has 0 aliphatic rings. The number of nitrogens with zero attached hydrogens (tertiary/aromatic N) is 3. The first-order valence-corrected chi connectivity index (χ1v) is 6.99. The fraction of sp³-hybridized carbons (Fsp3) is 0.786. The Bertz CT molecular complexity index is 394. The second kappa shape index (κ2) is 7.26. The van der Waals surface area contributed by atoms with Crippen molar-refractivity contribution in [2.45, 2.75) is 66.5 Å². The van der Waals surface area contributed by atoms with E-state index in [0.29, 0.717) is 0 Å². The molecule has 0 aliphatic carbocycles. The zero-order chi connectivity index (χ0) is 14.3. The van der Waals surface area contributed by atoms with Crippen molar-refractivity contribution in [2.24, 2.45) is 5.41 Å². The molecule has 0 atom stereocenters. The minimum atomic E-state index is -0.483. The van der Waals surface area contributed by atoms with E-state index in [1.165, 1.54) is 19.3 Å². The lowest BCUT2D eigenvalue weighted by atomic mass is 9.98. The number of aromatic nitrogens is 3. The van der Waals surface area contributed by atoms with Gasteiger partial charge >= 0.3 is 5.97 Å². The van der Waals surface area contributed by atoms with Gasteiger partial charge in [-0.25, -0.2) is 4.68 Å². The Morgan fingerprint density at radius 1 is 1.32 bits per heavy atom. The molecular formula is C14H25N3O2. The lowest BCUT2D eigenvalue weighted by molar-refractivity contribution is -0.157. The van der Waals surface area contributed by atoms with Crippen LogP contribution in [0, 0.1) is 5.41 Å². The second-order valence-corrected chi connectivity index (χ2v) is 5.87. The van der Waals surface area contributed by atoms with Crippen molar-refractivity contribution >= 4 is 5.97 Å². The van der Waals surface area contributed by atoms with E-state index < -0.39 is 5.41 Å². The van der Waals surface area contributed by atoms with Crippen LogP contribution in [-0.2, 0) is 22.7 Å². The highest BCUT2D eigenvalue weighted by molar-refractivity contribution is 5.75. The van der Waals surface area contributed by atoms with Gasteiger partial charge in [-0.15, -0.1) is 5.10 Å². The molecule has 0 amide bonds. The monoisotopic (exact) mass is 267 g/mol. The molecule has 0 unspecified atom stereocenters. The van der Waals surface area contributed by atoms with Crippen molar-refractivity contribution in [3.8, 4) is 0 Å². The molecular weight excluding hydrogens is 242 g/mol.